The number of hydrogen-bond acceptors (Lipinski definition) is 3. The zero-order chi connectivity index (χ0) is 16.8. The van der Waals surface area contributed by atoms with Gasteiger partial charge in [-0.25, -0.2) is 4.98 Å². The smallest absolute Gasteiger partial charge is 0.230 e. The van der Waals surface area contributed by atoms with E-state index >= 15 is 0 Å². The predicted octanol–water partition coefficient (Wildman–Crippen LogP) is 2.22. The average Bonchev–Trinajstić information content (AvgIpc) is 3.15. The van der Waals surface area contributed by atoms with Gasteiger partial charge >= 0.3 is 0 Å². The number of aromatic nitrogens is 2. The molecule has 1 aliphatic heterocycles. The van der Waals surface area contributed by atoms with E-state index in [1.807, 2.05) is 41.8 Å². The molecule has 0 aliphatic carbocycles. The van der Waals surface area contributed by atoms with Crippen LogP contribution in [0.25, 0.3) is 0 Å². The SMILES string of the molecule is CC[C@@H](C(=O)N1CCN(CCn2ccnc2)CC1)c1ccccc1. The Morgan fingerprint density at radius 2 is 1.88 bits per heavy atom. The van der Waals surface area contributed by atoms with Crippen molar-refractivity contribution in [3.63, 3.8) is 0 Å². The third-order valence-corrected chi connectivity index (χ3v) is 4.83. The van der Waals surface area contributed by atoms with Crippen LogP contribution in [0.5, 0.6) is 0 Å². The van der Waals surface area contributed by atoms with Crippen molar-refractivity contribution in [1.29, 1.82) is 0 Å². The van der Waals surface area contributed by atoms with E-state index in [2.05, 4.69) is 33.5 Å². The first-order chi connectivity index (χ1) is 11.8. The van der Waals surface area contributed by atoms with Crippen molar-refractivity contribution in [2.24, 2.45) is 0 Å². The van der Waals surface area contributed by atoms with Crippen LogP contribution < -0.4 is 0 Å². The van der Waals surface area contributed by atoms with Gasteiger partial charge in [-0.05, 0) is 12.0 Å². The van der Waals surface area contributed by atoms with Gasteiger partial charge < -0.3 is 9.47 Å². The molecule has 0 N–H and O–H groups in total. The molecule has 1 saturated heterocycles. The first-order valence-electron chi connectivity index (χ1n) is 8.79. The normalized spacial score (nSPS) is 17.0. The quantitative estimate of drug-likeness (QED) is 0.817. The molecule has 0 unspecified atom stereocenters. The first-order valence-corrected chi connectivity index (χ1v) is 8.79. The van der Waals surface area contributed by atoms with Gasteiger partial charge in [0.25, 0.3) is 0 Å². The molecule has 1 fully saturated rings. The summed E-state index contributed by atoms with van der Waals surface area (Å²) >= 11 is 0. The van der Waals surface area contributed by atoms with Gasteiger partial charge in [0.15, 0.2) is 0 Å². The molecule has 1 atom stereocenters. The number of hydrogen-bond donors (Lipinski definition) is 0. The van der Waals surface area contributed by atoms with Gasteiger partial charge in [-0.2, -0.15) is 0 Å². The molecule has 1 aromatic heterocycles. The minimum Gasteiger partial charge on any atom is -0.340 e. The molecule has 0 bridgehead atoms. The van der Waals surface area contributed by atoms with E-state index in [1.54, 1.807) is 0 Å². The van der Waals surface area contributed by atoms with E-state index < -0.39 is 0 Å². The molecule has 0 spiro atoms. The van der Waals surface area contributed by atoms with Crippen molar-refractivity contribution in [2.45, 2.75) is 25.8 Å². The Hall–Kier alpha value is -2.14. The number of imidazole rings is 1. The van der Waals surface area contributed by atoms with Gasteiger partial charge in [0.1, 0.15) is 0 Å². The molecule has 128 valence electrons. The van der Waals surface area contributed by atoms with Crippen LogP contribution in [0.1, 0.15) is 24.8 Å². The number of rotatable bonds is 6. The summed E-state index contributed by atoms with van der Waals surface area (Å²) in [5.41, 5.74) is 1.13. The summed E-state index contributed by atoms with van der Waals surface area (Å²) in [7, 11) is 0. The third-order valence-electron chi connectivity index (χ3n) is 4.83. The van der Waals surface area contributed by atoms with Gasteiger partial charge in [0, 0.05) is 51.7 Å². The summed E-state index contributed by atoms with van der Waals surface area (Å²) in [6, 6.07) is 10.2. The van der Waals surface area contributed by atoms with Gasteiger partial charge in [0.2, 0.25) is 5.91 Å². The summed E-state index contributed by atoms with van der Waals surface area (Å²) < 4.78 is 2.10. The second kappa shape index (κ2) is 8.11. The molecule has 2 heterocycles. The molecule has 1 aliphatic rings. The second-order valence-corrected chi connectivity index (χ2v) is 6.34. The van der Waals surface area contributed by atoms with E-state index in [1.165, 1.54) is 0 Å². The zero-order valence-electron chi connectivity index (χ0n) is 14.3. The van der Waals surface area contributed by atoms with Crippen molar-refractivity contribution in [3.05, 3.63) is 54.6 Å². The summed E-state index contributed by atoms with van der Waals surface area (Å²) in [5.74, 6) is 0.265. The Morgan fingerprint density at radius 3 is 2.50 bits per heavy atom. The second-order valence-electron chi connectivity index (χ2n) is 6.34. The lowest BCUT2D eigenvalue weighted by atomic mass is 9.95. The number of piperazine rings is 1. The van der Waals surface area contributed by atoms with Crippen LogP contribution in [0, 0.1) is 0 Å². The van der Waals surface area contributed by atoms with Gasteiger partial charge in [0.05, 0.1) is 12.2 Å². The number of nitrogens with zero attached hydrogens (tertiary/aromatic N) is 4. The standard InChI is InChI=1S/C19H26N4O/c1-2-18(17-6-4-3-5-7-17)19(24)23-14-12-21(13-15-23)10-11-22-9-8-20-16-22/h3-9,16,18H,2,10-15H2,1H3/t18-/m1/s1. The monoisotopic (exact) mass is 326 g/mol. The van der Waals surface area contributed by atoms with Gasteiger partial charge in [-0.15, -0.1) is 0 Å². The average molecular weight is 326 g/mol. The van der Waals surface area contributed by atoms with E-state index in [0.29, 0.717) is 0 Å². The van der Waals surface area contributed by atoms with E-state index in [9.17, 15) is 4.79 Å². The Morgan fingerprint density at radius 1 is 1.12 bits per heavy atom. The fraction of sp³-hybridized carbons (Fsp3) is 0.474. The molecule has 0 radical (unpaired) electrons. The Bertz CT molecular complexity index is 618. The molecule has 0 saturated carbocycles. The number of carbonyl (C=O) groups is 1. The lowest BCUT2D eigenvalue weighted by Gasteiger charge is -2.36. The highest BCUT2D eigenvalue weighted by Gasteiger charge is 2.27. The maximum atomic E-state index is 12.9. The molecule has 2 aromatic rings. The van der Waals surface area contributed by atoms with Gasteiger partial charge in [-0.3, -0.25) is 9.69 Å². The van der Waals surface area contributed by atoms with Gasteiger partial charge in [-0.1, -0.05) is 37.3 Å². The zero-order valence-corrected chi connectivity index (χ0v) is 14.3. The van der Waals surface area contributed by atoms with E-state index in [4.69, 9.17) is 0 Å². The Balaban J connectivity index is 1.51. The number of amides is 1. The van der Waals surface area contributed by atoms with Crippen molar-refractivity contribution < 1.29 is 4.79 Å². The topological polar surface area (TPSA) is 41.4 Å². The fourth-order valence-corrected chi connectivity index (χ4v) is 3.33. The number of carbonyl (C=O) groups excluding carboxylic acids is 1. The maximum Gasteiger partial charge on any atom is 0.230 e. The molecule has 1 aromatic carbocycles. The van der Waals surface area contributed by atoms with Crippen LogP contribution in [0.15, 0.2) is 49.1 Å². The first kappa shape index (κ1) is 16.7. The lowest BCUT2D eigenvalue weighted by Crippen LogP contribution is -2.50. The van der Waals surface area contributed by atoms with Crippen molar-refractivity contribution in [2.75, 3.05) is 32.7 Å². The molecule has 5 nitrogen and oxygen atoms in total. The highest BCUT2D eigenvalue weighted by Crippen LogP contribution is 2.22. The summed E-state index contributed by atoms with van der Waals surface area (Å²) in [4.78, 5) is 21.4. The Labute approximate surface area is 143 Å². The largest absolute Gasteiger partial charge is 0.340 e. The van der Waals surface area contributed by atoms with E-state index in [-0.39, 0.29) is 11.8 Å². The Kier molecular flexibility index (Phi) is 5.64. The number of benzene rings is 1. The van der Waals surface area contributed by atoms with Crippen LogP contribution in [-0.4, -0.2) is 58.0 Å². The van der Waals surface area contributed by atoms with Crippen LogP contribution >= 0.6 is 0 Å². The van der Waals surface area contributed by atoms with Crippen LogP contribution in [0.2, 0.25) is 0 Å². The minimum atomic E-state index is -0.0105. The fourth-order valence-electron chi connectivity index (χ4n) is 3.33. The van der Waals surface area contributed by atoms with Crippen molar-refractivity contribution in [3.8, 4) is 0 Å². The highest BCUT2D eigenvalue weighted by atomic mass is 16.2. The highest BCUT2D eigenvalue weighted by molar-refractivity contribution is 5.83. The molecule has 3 rings (SSSR count). The van der Waals surface area contributed by atoms with Crippen molar-refractivity contribution in [1.82, 2.24) is 19.4 Å². The predicted molar refractivity (Wildman–Crippen MR) is 94.7 cm³/mol. The molecule has 5 heteroatoms. The molecular formula is C19H26N4O. The molecule has 24 heavy (non-hydrogen) atoms. The molecular weight excluding hydrogens is 300 g/mol. The van der Waals surface area contributed by atoms with Crippen LogP contribution in [-0.2, 0) is 11.3 Å². The van der Waals surface area contributed by atoms with E-state index in [0.717, 1.165) is 51.3 Å². The van der Waals surface area contributed by atoms with Crippen LogP contribution in [0.4, 0.5) is 0 Å². The summed E-state index contributed by atoms with van der Waals surface area (Å²) in [5, 5.41) is 0. The van der Waals surface area contributed by atoms with Crippen molar-refractivity contribution >= 4 is 5.91 Å². The van der Waals surface area contributed by atoms with Crippen LogP contribution in [0.3, 0.4) is 0 Å². The maximum absolute atomic E-state index is 12.9. The minimum absolute atomic E-state index is 0.0105. The third kappa shape index (κ3) is 4.03. The lowest BCUT2D eigenvalue weighted by molar-refractivity contribution is -0.134. The summed E-state index contributed by atoms with van der Waals surface area (Å²) in [6.45, 7) is 7.61. The molecule has 1 amide bonds. The summed E-state index contributed by atoms with van der Waals surface area (Å²) in [6.07, 6.45) is 6.51.